The van der Waals surface area contributed by atoms with Gasteiger partial charge in [-0.1, -0.05) is 103 Å². The second-order valence-corrected chi connectivity index (χ2v) is 7.41. The van der Waals surface area contributed by atoms with Crippen LogP contribution in [0.4, 0.5) is 0 Å². The Hall–Kier alpha value is -3.78. The van der Waals surface area contributed by atoms with Crippen LogP contribution in [0.2, 0.25) is 0 Å². The van der Waals surface area contributed by atoms with Gasteiger partial charge in [0.15, 0.2) is 0 Å². The van der Waals surface area contributed by atoms with Gasteiger partial charge in [-0.25, -0.2) is 0 Å². The van der Waals surface area contributed by atoms with Crippen LogP contribution < -0.4 is 0 Å². The Balaban J connectivity index is 1.69. The summed E-state index contributed by atoms with van der Waals surface area (Å²) in [6, 6.07) is 30.5. The van der Waals surface area contributed by atoms with Crippen LogP contribution in [-0.4, -0.2) is 11.4 Å². The molecule has 0 saturated heterocycles. The van der Waals surface area contributed by atoms with Crippen LogP contribution in [0, 0.1) is 10.8 Å². The first kappa shape index (κ1) is 19.5. The van der Waals surface area contributed by atoms with Gasteiger partial charge in [0.05, 0.1) is 11.4 Å². The fourth-order valence-corrected chi connectivity index (χ4v) is 3.68. The summed E-state index contributed by atoms with van der Waals surface area (Å²) in [5.41, 5.74) is 7.06. The van der Waals surface area contributed by atoms with Crippen LogP contribution in [0.1, 0.15) is 16.7 Å². The Bertz CT molecular complexity index is 1140. The molecule has 1 aliphatic rings. The molecule has 0 fully saturated rings. The van der Waals surface area contributed by atoms with Crippen molar-refractivity contribution in [2.75, 3.05) is 0 Å². The Morgan fingerprint density at radius 1 is 0.567 bits per heavy atom. The highest BCUT2D eigenvalue weighted by Crippen LogP contribution is 2.27. The zero-order valence-electron chi connectivity index (χ0n) is 16.8. The van der Waals surface area contributed by atoms with Gasteiger partial charge in [0.1, 0.15) is 0 Å². The second kappa shape index (κ2) is 9.15. The highest BCUT2D eigenvalue weighted by molar-refractivity contribution is 6.26. The van der Waals surface area contributed by atoms with Crippen LogP contribution in [0.5, 0.6) is 0 Å². The number of allylic oxidation sites excluding steroid dienone is 5. The number of hydrogen-bond acceptors (Lipinski definition) is 2. The molecule has 0 aliphatic heterocycles. The van der Waals surface area contributed by atoms with E-state index in [4.69, 9.17) is 10.8 Å². The first-order valence-electron chi connectivity index (χ1n) is 10.1. The Morgan fingerprint density at radius 2 is 1.07 bits per heavy atom. The van der Waals surface area contributed by atoms with Crippen molar-refractivity contribution in [3.8, 4) is 0 Å². The maximum atomic E-state index is 8.93. The summed E-state index contributed by atoms with van der Waals surface area (Å²) in [6.45, 7) is 0. The summed E-state index contributed by atoms with van der Waals surface area (Å²) in [5, 5.41) is 17.7. The van der Waals surface area contributed by atoms with E-state index >= 15 is 0 Å². The molecular formula is C28H24N2. The zero-order chi connectivity index (χ0) is 20.8. The van der Waals surface area contributed by atoms with Gasteiger partial charge in [0.25, 0.3) is 0 Å². The monoisotopic (exact) mass is 388 g/mol. The van der Waals surface area contributed by atoms with Crippen molar-refractivity contribution in [1.29, 1.82) is 10.8 Å². The summed E-state index contributed by atoms with van der Waals surface area (Å²) >= 11 is 0. The molecule has 2 N–H and O–H groups in total. The molecule has 4 rings (SSSR count). The predicted molar refractivity (Wildman–Crippen MR) is 126 cm³/mol. The molecule has 30 heavy (non-hydrogen) atoms. The average Bonchev–Trinajstić information content (AvgIpc) is 2.79. The SMILES string of the molecule is N=C1C=C(C=Cc2ccccc2)C(=N)C(Cc2ccccc2)=C1Cc1ccccc1. The average molecular weight is 389 g/mol. The lowest BCUT2D eigenvalue weighted by atomic mass is 9.82. The summed E-state index contributed by atoms with van der Waals surface area (Å²) < 4.78 is 0. The fourth-order valence-electron chi connectivity index (χ4n) is 3.68. The zero-order valence-corrected chi connectivity index (χ0v) is 16.8. The van der Waals surface area contributed by atoms with Crippen LogP contribution >= 0.6 is 0 Å². The van der Waals surface area contributed by atoms with Crippen molar-refractivity contribution in [2.45, 2.75) is 12.8 Å². The Morgan fingerprint density at radius 3 is 1.63 bits per heavy atom. The Kier molecular flexibility index (Phi) is 5.95. The molecule has 146 valence electrons. The topological polar surface area (TPSA) is 47.7 Å². The van der Waals surface area contributed by atoms with Crippen LogP contribution in [0.25, 0.3) is 6.08 Å². The molecule has 0 unspecified atom stereocenters. The van der Waals surface area contributed by atoms with E-state index in [0.29, 0.717) is 24.3 Å². The molecule has 3 aromatic carbocycles. The lowest BCUT2D eigenvalue weighted by molar-refractivity contribution is 1.11. The van der Waals surface area contributed by atoms with Gasteiger partial charge in [-0.05, 0) is 46.8 Å². The largest absolute Gasteiger partial charge is 0.301 e. The molecule has 0 atom stereocenters. The first-order valence-corrected chi connectivity index (χ1v) is 10.1. The second-order valence-electron chi connectivity index (χ2n) is 7.41. The summed E-state index contributed by atoms with van der Waals surface area (Å²) in [5.74, 6) is 0. The minimum atomic E-state index is 0.494. The molecule has 3 aromatic rings. The fraction of sp³-hybridized carbons (Fsp3) is 0.0714. The summed E-state index contributed by atoms with van der Waals surface area (Å²) in [4.78, 5) is 0. The molecule has 0 bridgehead atoms. The van der Waals surface area contributed by atoms with E-state index in [0.717, 1.165) is 33.4 Å². The highest BCUT2D eigenvalue weighted by Gasteiger charge is 2.23. The van der Waals surface area contributed by atoms with E-state index in [1.54, 1.807) is 0 Å². The van der Waals surface area contributed by atoms with E-state index < -0.39 is 0 Å². The number of rotatable bonds is 6. The third-order valence-electron chi connectivity index (χ3n) is 5.28. The molecule has 0 heterocycles. The minimum absolute atomic E-state index is 0.494. The van der Waals surface area contributed by atoms with E-state index in [2.05, 4.69) is 24.3 Å². The lowest BCUT2D eigenvalue weighted by Crippen LogP contribution is -2.20. The van der Waals surface area contributed by atoms with Gasteiger partial charge in [-0.3, -0.25) is 5.41 Å². The van der Waals surface area contributed by atoms with E-state index in [1.807, 2.05) is 85.0 Å². The van der Waals surface area contributed by atoms with Crippen molar-refractivity contribution in [1.82, 2.24) is 0 Å². The van der Waals surface area contributed by atoms with Gasteiger partial charge < -0.3 is 5.41 Å². The Labute approximate surface area is 177 Å². The molecular weight excluding hydrogens is 364 g/mol. The third-order valence-corrected chi connectivity index (χ3v) is 5.28. The normalized spacial score (nSPS) is 14.3. The summed E-state index contributed by atoms with van der Waals surface area (Å²) in [7, 11) is 0. The van der Waals surface area contributed by atoms with Crippen molar-refractivity contribution >= 4 is 17.5 Å². The molecule has 0 radical (unpaired) electrons. The van der Waals surface area contributed by atoms with Crippen molar-refractivity contribution < 1.29 is 0 Å². The predicted octanol–water partition coefficient (Wildman–Crippen LogP) is 6.46. The highest BCUT2D eigenvalue weighted by atomic mass is 14.5. The van der Waals surface area contributed by atoms with Gasteiger partial charge in [0, 0.05) is 5.57 Å². The molecule has 1 aliphatic carbocycles. The van der Waals surface area contributed by atoms with Crippen molar-refractivity contribution in [2.24, 2.45) is 0 Å². The van der Waals surface area contributed by atoms with Gasteiger partial charge in [-0.15, -0.1) is 0 Å². The van der Waals surface area contributed by atoms with Gasteiger partial charge in [-0.2, -0.15) is 0 Å². The molecule has 0 aromatic heterocycles. The third kappa shape index (κ3) is 4.61. The minimum Gasteiger partial charge on any atom is -0.301 e. The maximum Gasteiger partial charge on any atom is 0.0651 e. The van der Waals surface area contributed by atoms with E-state index in [9.17, 15) is 0 Å². The smallest absolute Gasteiger partial charge is 0.0651 e. The van der Waals surface area contributed by atoms with Crippen LogP contribution in [0.3, 0.4) is 0 Å². The first-order chi connectivity index (χ1) is 14.7. The van der Waals surface area contributed by atoms with Crippen LogP contribution in [0.15, 0.2) is 120 Å². The quantitative estimate of drug-likeness (QED) is 0.455. The molecule has 2 nitrogen and oxygen atoms in total. The van der Waals surface area contributed by atoms with Gasteiger partial charge >= 0.3 is 0 Å². The van der Waals surface area contributed by atoms with Crippen molar-refractivity contribution in [3.63, 3.8) is 0 Å². The van der Waals surface area contributed by atoms with Crippen molar-refractivity contribution in [3.05, 3.63) is 137 Å². The van der Waals surface area contributed by atoms with Crippen LogP contribution in [-0.2, 0) is 12.8 Å². The molecule has 0 saturated carbocycles. The maximum absolute atomic E-state index is 8.93. The lowest BCUT2D eigenvalue weighted by Gasteiger charge is -2.22. The number of benzene rings is 3. The van der Waals surface area contributed by atoms with E-state index in [1.165, 1.54) is 0 Å². The standard InChI is InChI=1S/C28H24N2/c29-27-20-24(17-16-21-10-4-1-5-11-21)28(30)26(19-23-14-8-3-9-15-23)25(27)18-22-12-6-2-7-13-22/h1-17,20,29-30H,18-19H2. The number of hydrogen-bond donors (Lipinski definition) is 2. The number of nitrogens with one attached hydrogen (secondary N) is 2. The molecule has 0 amide bonds. The van der Waals surface area contributed by atoms with Gasteiger partial charge in [0.2, 0.25) is 0 Å². The van der Waals surface area contributed by atoms with E-state index in [-0.39, 0.29) is 0 Å². The molecule has 2 heteroatoms. The molecule has 0 spiro atoms. The summed E-state index contributed by atoms with van der Waals surface area (Å²) in [6.07, 6.45) is 7.11.